The molecule has 0 aliphatic carbocycles. The van der Waals surface area contributed by atoms with Crippen molar-refractivity contribution in [1.29, 1.82) is 0 Å². The van der Waals surface area contributed by atoms with Gasteiger partial charge in [-0.1, -0.05) is 24.3 Å². The van der Waals surface area contributed by atoms with Crippen LogP contribution >= 0.6 is 0 Å². The quantitative estimate of drug-likeness (QED) is 0.616. The molecule has 2 aliphatic heterocycles. The molecule has 176 valence electrons. The predicted molar refractivity (Wildman–Crippen MR) is 129 cm³/mol. The average molecular weight is 452 g/mol. The lowest BCUT2D eigenvalue weighted by Gasteiger charge is -2.28. The third-order valence-corrected chi connectivity index (χ3v) is 6.44. The Bertz CT molecular complexity index is 970. The van der Waals surface area contributed by atoms with Gasteiger partial charge in [0.15, 0.2) is 0 Å². The van der Waals surface area contributed by atoms with Gasteiger partial charge in [0.25, 0.3) is 0 Å². The lowest BCUT2D eigenvalue weighted by Crippen LogP contribution is -2.41. The highest BCUT2D eigenvalue weighted by Gasteiger charge is 2.38. The summed E-state index contributed by atoms with van der Waals surface area (Å²) in [5.74, 6) is 0.208. The minimum absolute atomic E-state index is 0.00735. The van der Waals surface area contributed by atoms with Crippen molar-refractivity contribution in [2.75, 3.05) is 50.7 Å². The molecule has 33 heavy (non-hydrogen) atoms. The van der Waals surface area contributed by atoms with Crippen LogP contribution in [0.25, 0.3) is 0 Å². The van der Waals surface area contributed by atoms with Crippen LogP contribution in [0.2, 0.25) is 0 Å². The minimum Gasteiger partial charge on any atom is -0.495 e. The Morgan fingerprint density at radius 3 is 2.58 bits per heavy atom. The first-order valence-electron chi connectivity index (χ1n) is 11.6. The van der Waals surface area contributed by atoms with Crippen molar-refractivity contribution < 1.29 is 19.1 Å². The van der Waals surface area contributed by atoms with Crippen molar-refractivity contribution in [2.45, 2.75) is 31.9 Å². The SMILES string of the molecule is COc1ccccc1N1C[C@@H](C(=O)N(Cc2ccc(N(C)C)cc2)C[C@H]2CCCO2)CC1=O. The van der Waals surface area contributed by atoms with Crippen LogP contribution in [0.3, 0.4) is 0 Å². The van der Waals surface area contributed by atoms with Crippen molar-refractivity contribution in [2.24, 2.45) is 5.92 Å². The second-order valence-electron chi connectivity index (χ2n) is 8.99. The number of amides is 2. The Hall–Kier alpha value is -3.06. The zero-order chi connectivity index (χ0) is 23.4. The first kappa shape index (κ1) is 23.1. The number of hydrogen-bond donors (Lipinski definition) is 0. The summed E-state index contributed by atoms with van der Waals surface area (Å²) < 4.78 is 11.3. The summed E-state index contributed by atoms with van der Waals surface area (Å²) in [5.41, 5.74) is 2.90. The highest BCUT2D eigenvalue weighted by molar-refractivity contribution is 6.01. The van der Waals surface area contributed by atoms with Gasteiger partial charge in [0.05, 0.1) is 24.8 Å². The molecule has 7 heteroatoms. The maximum atomic E-state index is 13.6. The van der Waals surface area contributed by atoms with Crippen LogP contribution in [0.15, 0.2) is 48.5 Å². The van der Waals surface area contributed by atoms with Crippen LogP contribution in [0.1, 0.15) is 24.8 Å². The molecule has 0 unspecified atom stereocenters. The van der Waals surface area contributed by atoms with Crippen molar-refractivity contribution in [3.63, 3.8) is 0 Å². The lowest BCUT2D eigenvalue weighted by atomic mass is 10.1. The van der Waals surface area contributed by atoms with Crippen LogP contribution in [-0.4, -0.2) is 63.7 Å². The fraction of sp³-hybridized carbons (Fsp3) is 0.462. The van der Waals surface area contributed by atoms with Gasteiger partial charge in [-0.2, -0.15) is 0 Å². The smallest absolute Gasteiger partial charge is 0.228 e. The highest BCUT2D eigenvalue weighted by Crippen LogP contribution is 2.33. The number of para-hydroxylation sites is 2. The van der Waals surface area contributed by atoms with E-state index in [0.717, 1.165) is 30.7 Å². The number of rotatable bonds is 8. The van der Waals surface area contributed by atoms with E-state index >= 15 is 0 Å². The summed E-state index contributed by atoms with van der Waals surface area (Å²) in [7, 11) is 5.60. The van der Waals surface area contributed by atoms with E-state index in [9.17, 15) is 9.59 Å². The van der Waals surface area contributed by atoms with Crippen LogP contribution < -0.4 is 14.5 Å². The van der Waals surface area contributed by atoms with E-state index < -0.39 is 0 Å². The molecule has 2 atom stereocenters. The topological polar surface area (TPSA) is 62.3 Å². The number of hydrogen-bond acceptors (Lipinski definition) is 5. The Morgan fingerprint density at radius 2 is 1.91 bits per heavy atom. The van der Waals surface area contributed by atoms with E-state index in [1.165, 1.54) is 0 Å². The van der Waals surface area contributed by atoms with Gasteiger partial charge in [-0.3, -0.25) is 9.59 Å². The summed E-state index contributed by atoms with van der Waals surface area (Å²) >= 11 is 0. The number of carbonyl (C=O) groups excluding carboxylic acids is 2. The highest BCUT2D eigenvalue weighted by atomic mass is 16.5. The second-order valence-corrected chi connectivity index (χ2v) is 8.99. The van der Waals surface area contributed by atoms with Crippen molar-refractivity contribution in [3.8, 4) is 5.75 Å². The van der Waals surface area contributed by atoms with E-state index in [1.54, 1.807) is 12.0 Å². The monoisotopic (exact) mass is 451 g/mol. The maximum Gasteiger partial charge on any atom is 0.228 e. The van der Waals surface area contributed by atoms with Crippen LogP contribution in [-0.2, 0) is 20.9 Å². The molecule has 7 nitrogen and oxygen atoms in total. The maximum absolute atomic E-state index is 13.6. The van der Waals surface area contributed by atoms with Gasteiger partial charge < -0.3 is 24.2 Å². The van der Waals surface area contributed by atoms with E-state index in [-0.39, 0.29) is 30.3 Å². The van der Waals surface area contributed by atoms with Gasteiger partial charge in [-0.25, -0.2) is 0 Å². The second kappa shape index (κ2) is 10.3. The van der Waals surface area contributed by atoms with Crippen LogP contribution in [0.4, 0.5) is 11.4 Å². The minimum atomic E-state index is -0.384. The van der Waals surface area contributed by atoms with Gasteiger partial charge >= 0.3 is 0 Å². The molecule has 2 heterocycles. The predicted octanol–water partition coefficient (Wildman–Crippen LogP) is 3.32. The summed E-state index contributed by atoms with van der Waals surface area (Å²) in [6, 6.07) is 15.7. The molecule has 0 saturated carbocycles. The van der Waals surface area contributed by atoms with Crippen molar-refractivity contribution in [3.05, 3.63) is 54.1 Å². The summed E-state index contributed by atoms with van der Waals surface area (Å²) in [5, 5.41) is 0. The van der Waals surface area contributed by atoms with Gasteiger partial charge in [0.1, 0.15) is 5.75 Å². The third kappa shape index (κ3) is 5.30. The summed E-state index contributed by atoms with van der Waals surface area (Å²) in [6.07, 6.45) is 2.24. The Kier molecular flexibility index (Phi) is 7.18. The number of benzene rings is 2. The van der Waals surface area contributed by atoms with E-state index in [0.29, 0.717) is 31.1 Å². The van der Waals surface area contributed by atoms with Crippen molar-refractivity contribution >= 4 is 23.2 Å². The molecule has 0 N–H and O–H groups in total. The van der Waals surface area contributed by atoms with Crippen molar-refractivity contribution in [1.82, 2.24) is 4.90 Å². The molecular weight excluding hydrogens is 418 g/mol. The number of nitrogens with zero attached hydrogens (tertiary/aromatic N) is 3. The summed E-state index contributed by atoms with van der Waals surface area (Å²) in [4.78, 5) is 32.1. The zero-order valence-electron chi connectivity index (χ0n) is 19.7. The summed E-state index contributed by atoms with van der Waals surface area (Å²) in [6.45, 7) is 2.16. The number of methoxy groups -OCH3 is 1. The standard InChI is InChI=1S/C26H33N3O4/c1-27(2)21-12-10-19(11-13-21)16-28(18-22-7-6-14-33-22)26(31)20-15-25(30)29(17-20)23-8-4-5-9-24(23)32-3/h4-5,8-13,20,22H,6-7,14-18H2,1-3H3/t20-,22+/m0/s1. The average Bonchev–Trinajstić information content (AvgIpc) is 3.48. The molecule has 2 aromatic carbocycles. The fourth-order valence-electron chi connectivity index (χ4n) is 4.60. The molecule has 2 saturated heterocycles. The molecular formula is C26H33N3O4. The molecule has 0 radical (unpaired) electrons. The molecule has 2 amide bonds. The van der Waals surface area contributed by atoms with E-state index in [2.05, 4.69) is 29.2 Å². The Morgan fingerprint density at radius 1 is 1.15 bits per heavy atom. The first-order chi connectivity index (χ1) is 16.0. The zero-order valence-corrected chi connectivity index (χ0v) is 19.7. The van der Waals surface area contributed by atoms with Gasteiger partial charge in [0.2, 0.25) is 11.8 Å². The van der Waals surface area contributed by atoms with E-state index in [1.807, 2.05) is 43.3 Å². The first-order valence-corrected chi connectivity index (χ1v) is 11.6. The molecule has 2 aliphatic rings. The molecule has 4 rings (SSSR count). The van der Waals surface area contributed by atoms with Gasteiger partial charge in [0, 0.05) is 52.4 Å². The Balaban J connectivity index is 1.51. The Labute approximate surface area is 195 Å². The molecule has 2 aromatic rings. The van der Waals surface area contributed by atoms with Gasteiger partial charge in [-0.05, 0) is 42.7 Å². The molecule has 0 bridgehead atoms. The number of carbonyl (C=O) groups is 2. The number of anilines is 2. The normalized spacial score (nSPS) is 20.2. The van der Waals surface area contributed by atoms with Crippen LogP contribution in [0, 0.1) is 5.92 Å². The third-order valence-electron chi connectivity index (χ3n) is 6.44. The van der Waals surface area contributed by atoms with E-state index in [4.69, 9.17) is 9.47 Å². The lowest BCUT2D eigenvalue weighted by molar-refractivity contribution is -0.138. The number of ether oxygens (including phenoxy) is 2. The fourth-order valence-corrected chi connectivity index (χ4v) is 4.60. The molecule has 0 spiro atoms. The molecule has 2 fully saturated rings. The van der Waals surface area contributed by atoms with Crippen LogP contribution in [0.5, 0.6) is 5.75 Å². The molecule has 0 aromatic heterocycles. The largest absolute Gasteiger partial charge is 0.495 e. The van der Waals surface area contributed by atoms with Gasteiger partial charge in [-0.15, -0.1) is 0 Å².